The van der Waals surface area contributed by atoms with Gasteiger partial charge in [0.1, 0.15) is 12.1 Å². The van der Waals surface area contributed by atoms with Gasteiger partial charge in [-0.05, 0) is 30.7 Å². The molecule has 1 aliphatic rings. The van der Waals surface area contributed by atoms with Gasteiger partial charge in [-0.2, -0.15) is 5.10 Å². The summed E-state index contributed by atoms with van der Waals surface area (Å²) in [5.74, 6) is 1.15. The number of carbonyl (C=O) groups excluding carboxylic acids is 1. The van der Waals surface area contributed by atoms with Crippen LogP contribution in [0, 0.1) is 6.92 Å². The molecule has 3 aromatic heterocycles. The summed E-state index contributed by atoms with van der Waals surface area (Å²) in [6.07, 6.45) is 4.92. The molecule has 1 fully saturated rings. The van der Waals surface area contributed by atoms with E-state index >= 15 is 0 Å². The van der Waals surface area contributed by atoms with E-state index in [0.717, 1.165) is 28.1 Å². The molecule has 146 valence electrons. The van der Waals surface area contributed by atoms with Crippen LogP contribution in [0.3, 0.4) is 0 Å². The topological polar surface area (TPSA) is 80.3 Å². The largest absolute Gasteiger partial charge is 0.459 e. The first-order chi connectivity index (χ1) is 14.2. The Balaban J connectivity index is 1.41. The van der Waals surface area contributed by atoms with E-state index < -0.39 is 0 Å². The van der Waals surface area contributed by atoms with Gasteiger partial charge >= 0.3 is 0 Å². The second-order valence-electron chi connectivity index (χ2n) is 7.03. The first kappa shape index (κ1) is 17.4. The minimum absolute atomic E-state index is 0.0742. The Morgan fingerprint density at radius 1 is 1.03 bits per heavy atom. The van der Waals surface area contributed by atoms with Crippen LogP contribution >= 0.6 is 0 Å². The fraction of sp³-hybridized carbons (Fsp3) is 0.238. The molecular formula is C21H20N6O2. The molecule has 0 unspecified atom stereocenters. The van der Waals surface area contributed by atoms with Crippen LogP contribution in [-0.4, -0.2) is 56.7 Å². The van der Waals surface area contributed by atoms with Crippen LogP contribution in [0.4, 0.5) is 5.82 Å². The number of anilines is 1. The molecule has 29 heavy (non-hydrogen) atoms. The van der Waals surface area contributed by atoms with Crippen molar-refractivity contribution < 1.29 is 9.21 Å². The zero-order valence-corrected chi connectivity index (χ0v) is 16.0. The predicted molar refractivity (Wildman–Crippen MR) is 108 cm³/mol. The van der Waals surface area contributed by atoms with Crippen LogP contribution in [0.1, 0.15) is 16.1 Å². The van der Waals surface area contributed by atoms with Gasteiger partial charge in [0.15, 0.2) is 11.4 Å². The van der Waals surface area contributed by atoms with Crippen molar-refractivity contribution in [2.75, 3.05) is 31.1 Å². The smallest absolute Gasteiger partial charge is 0.289 e. The van der Waals surface area contributed by atoms with Gasteiger partial charge in [-0.3, -0.25) is 4.79 Å². The van der Waals surface area contributed by atoms with E-state index in [2.05, 4.69) is 33.0 Å². The molecule has 0 atom stereocenters. The van der Waals surface area contributed by atoms with Gasteiger partial charge in [-0.1, -0.05) is 18.2 Å². The van der Waals surface area contributed by atoms with Crippen molar-refractivity contribution in [3.05, 3.63) is 66.5 Å². The number of aromatic nitrogens is 4. The SMILES string of the molecule is Cc1ccccc1-n1ncc2c(N3CCN(C(=O)c4ccco4)CC3)ncnc21. The maximum atomic E-state index is 12.5. The molecule has 8 nitrogen and oxygen atoms in total. The Morgan fingerprint density at radius 2 is 1.86 bits per heavy atom. The zero-order chi connectivity index (χ0) is 19.8. The van der Waals surface area contributed by atoms with Crippen molar-refractivity contribution in [1.29, 1.82) is 0 Å². The highest BCUT2D eigenvalue weighted by Gasteiger charge is 2.26. The molecule has 0 spiro atoms. The third kappa shape index (κ3) is 3.02. The average molecular weight is 388 g/mol. The van der Waals surface area contributed by atoms with E-state index in [1.54, 1.807) is 18.5 Å². The number of hydrogen-bond donors (Lipinski definition) is 0. The number of furan rings is 1. The Morgan fingerprint density at radius 3 is 2.62 bits per heavy atom. The molecule has 8 heteroatoms. The predicted octanol–water partition coefficient (Wildman–Crippen LogP) is 2.68. The quantitative estimate of drug-likeness (QED) is 0.537. The number of amides is 1. The number of hydrogen-bond acceptors (Lipinski definition) is 6. The normalized spacial score (nSPS) is 14.5. The first-order valence-electron chi connectivity index (χ1n) is 9.55. The van der Waals surface area contributed by atoms with Crippen molar-refractivity contribution >= 4 is 22.8 Å². The molecule has 0 aliphatic carbocycles. The molecule has 0 radical (unpaired) electrons. The number of carbonyl (C=O) groups is 1. The van der Waals surface area contributed by atoms with E-state index in [1.165, 1.54) is 6.26 Å². The van der Waals surface area contributed by atoms with Crippen molar-refractivity contribution in [2.24, 2.45) is 0 Å². The monoisotopic (exact) mass is 388 g/mol. The lowest BCUT2D eigenvalue weighted by molar-refractivity contribution is 0.0714. The van der Waals surface area contributed by atoms with E-state index in [-0.39, 0.29) is 5.91 Å². The molecule has 5 rings (SSSR count). The highest BCUT2D eigenvalue weighted by Crippen LogP contribution is 2.26. The summed E-state index contributed by atoms with van der Waals surface area (Å²) < 4.78 is 7.09. The lowest BCUT2D eigenvalue weighted by Gasteiger charge is -2.35. The number of fused-ring (bicyclic) bond motifs is 1. The minimum Gasteiger partial charge on any atom is -0.459 e. The molecule has 1 amide bonds. The molecule has 4 aromatic rings. The van der Waals surface area contributed by atoms with Gasteiger partial charge < -0.3 is 14.2 Å². The summed E-state index contributed by atoms with van der Waals surface area (Å²) in [6, 6.07) is 11.5. The van der Waals surface area contributed by atoms with E-state index in [1.807, 2.05) is 34.0 Å². The number of rotatable bonds is 3. The molecule has 1 aromatic carbocycles. The van der Waals surface area contributed by atoms with Crippen LogP contribution in [0.5, 0.6) is 0 Å². The van der Waals surface area contributed by atoms with Crippen LogP contribution in [-0.2, 0) is 0 Å². The van der Waals surface area contributed by atoms with E-state index in [9.17, 15) is 4.79 Å². The van der Waals surface area contributed by atoms with Gasteiger partial charge in [0, 0.05) is 26.2 Å². The fourth-order valence-electron chi connectivity index (χ4n) is 3.74. The van der Waals surface area contributed by atoms with Gasteiger partial charge in [0.05, 0.1) is 23.5 Å². The number of para-hydroxylation sites is 1. The molecule has 0 bridgehead atoms. The summed E-state index contributed by atoms with van der Waals surface area (Å²) in [7, 11) is 0. The van der Waals surface area contributed by atoms with Crippen molar-refractivity contribution in [3.63, 3.8) is 0 Å². The van der Waals surface area contributed by atoms with Crippen LogP contribution in [0.15, 0.2) is 59.6 Å². The lowest BCUT2D eigenvalue weighted by atomic mass is 10.2. The Hall–Kier alpha value is -3.68. The highest BCUT2D eigenvalue weighted by atomic mass is 16.3. The number of aryl methyl sites for hydroxylation is 1. The molecular weight excluding hydrogens is 368 g/mol. The van der Waals surface area contributed by atoms with Crippen LogP contribution < -0.4 is 4.90 Å². The summed E-state index contributed by atoms with van der Waals surface area (Å²) in [4.78, 5) is 25.5. The molecule has 0 saturated carbocycles. The molecule has 4 heterocycles. The molecule has 1 saturated heterocycles. The minimum atomic E-state index is -0.0742. The van der Waals surface area contributed by atoms with Crippen LogP contribution in [0.2, 0.25) is 0 Å². The van der Waals surface area contributed by atoms with Crippen molar-refractivity contribution in [2.45, 2.75) is 6.92 Å². The fourth-order valence-corrected chi connectivity index (χ4v) is 3.74. The van der Waals surface area contributed by atoms with E-state index in [4.69, 9.17) is 4.42 Å². The number of benzene rings is 1. The third-order valence-electron chi connectivity index (χ3n) is 5.29. The van der Waals surface area contributed by atoms with Gasteiger partial charge in [-0.25, -0.2) is 14.6 Å². The standard InChI is InChI=1S/C21H20N6O2/c1-15-5-2-3-6-17(15)27-20-16(13-24-27)19(22-14-23-20)25-8-10-26(11-9-25)21(28)18-7-4-12-29-18/h2-7,12-14H,8-11H2,1H3. The lowest BCUT2D eigenvalue weighted by Crippen LogP contribution is -2.49. The Labute approximate surface area is 167 Å². The number of nitrogens with zero attached hydrogens (tertiary/aromatic N) is 6. The van der Waals surface area contributed by atoms with Gasteiger partial charge in [-0.15, -0.1) is 0 Å². The van der Waals surface area contributed by atoms with Gasteiger partial charge in [0.25, 0.3) is 5.91 Å². The first-order valence-corrected chi connectivity index (χ1v) is 9.55. The van der Waals surface area contributed by atoms with E-state index in [0.29, 0.717) is 31.9 Å². The second-order valence-corrected chi connectivity index (χ2v) is 7.03. The summed E-state index contributed by atoms with van der Waals surface area (Å²) in [5, 5.41) is 5.47. The Kier molecular flexibility index (Phi) is 4.23. The summed E-state index contributed by atoms with van der Waals surface area (Å²) in [6.45, 7) is 4.65. The van der Waals surface area contributed by atoms with Crippen molar-refractivity contribution in [3.8, 4) is 5.69 Å². The summed E-state index contributed by atoms with van der Waals surface area (Å²) >= 11 is 0. The van der Waals surface area contributed by atoms with Crippen LogP contribution in [0.25, 0.3) is 16.7 Å². The zero-order valence-electron chi connectivity index (χ0n) is 16.0. The van der Waals surface area contributed by atoms with Gasteiger partial charge in [0.2, 0.25) is 0 Å². The second kappa shape index (κ2) is 7.05. The Bertz CT molecular complexity index is 1160. The number of piperazine rings is 1. The summed E-state index contributed by atoms with van der Waals surface area (Å²) in [5.41, 5.74) is 2.90. The maximum absolute atomic E-state index is 12.5. The third-order valence-corrected chi connectivity index (χ3v) is 5.29. The molecule has 0 N–H and O–H groups in total. The molecule has 1 aliphatic heterocycles. The highest BCUT2D eigenvalue weighted by molar-refractivity contribution is 5.92. The average Bonchev–Trinajstić information content (AvgIpc) is 3.44. The maximum Gasteiger partial charge on any atom is 0.289 e. The van der Waals surface area contributed by atoms with Crippen molar-refractivity contribution in [1.82, 2.24) is 24.6 Å².